The fraction of sp³-hybridized carbons (Fsp3) is 0.867. The molecule has 1 aliphatic heterocycles. The number of hydrogen-bond donors (Lipinski definition) is 1. The number of unbranched alkanes of at least 4 members (excludes halogenated alkanes) is 1. The van der Waals surface area contributed by atoms with E-state index in [0.717, 1.165) is 12.8 Å². The van der Waals surface area contributed by atoms with E-state index in [9.17, 15) is 9.59 Å². The third-order valence-corrected chi connectivity index (χ3v) is 4.43. The minimum absolute atomic E-state index is 0.0458. The molecule has 1 saturated heterocycles. The molecule has 20 heavy (non-hydrogen) atoms. The van der Waals surface area contributed by atoms with Crippen LogP contribution >= 0.6 is 0 Å². The molecule has 0 bridgehead atoms. The van der Waals surface area contributed by atoms with E-state index in [1.165, 1.54) is 0 Å². The predicted molar refractivity (Wildman–Crippen MR) is 78.4 cm³/mol. The maximum atomic E-state index is 12.8. The minimum atomic E-state index is -0.780. The van der Waals surface area contributed by atoms with Gasteiger partial charge in [-0.1, -0.05) is 13.8 Å². The number of amides is 2. The van der Waals surface area contributed by atoms with Gasteiger partial charge in [0.15, 0.2) is 0 Å². The molecule has 1 rings (SSSR count). The zero-order valence-electron chi connectivity index (χ0n) is 13.4. The van der Waals surface area contributed by atoms with Crippen LogP contribution in [-0.4, -0.2) is 48.1 Å². The van der Waals surface area contributed by atoms with E-state index in [1.54, 1.807) is 12.0 Å². The Balaban J connectivity index is 2.90. The summed E-state index contributed by atoms with van der Waals surface area (Å²) in [5.41, 5.74) is -1.51. The van der Waals surface area contributed by atoms with Crippen molar-refractivity contribution in [2.45, 2.75) is 64.5 Å². The zero-order chi connectivity index (χ0) is 15.4. The summed E-state index contributed by atoms with van der Waals surface area (Å²) >= 11 is 0. The summed E-state index contributed by atoms with van der Waals surface area (Å²) in [6, 6.07) is 0. The van der Waals surface area contributed by atoms with E-state index in [4.69, 9.17) is 4.74 Å². The van der Waals surface area contributed by atoms with Crippen LogP contribution in [0.5, 0.6) is 0 Å². The summed E-state index contributed by atoms with van der Waals surface area (Å²) in [5.74, 6) is -0.0166. The number of ether oxygens (including phenoxy) is 1. The maximum Gasteiger partial charge on any atom is 0.249 e. The van der Waals surface area contributed by atoms with Crippen molar-refractivity contribution in [3.8, 4) is 0 Å². The number of carbonyl (C=O) groups is 2. The van der Waals surface area contributed by atoms with Gasteiger partial charge >= 0.3 is 0 Å². The van der Waals surface area contributed by atoms with Gasteiger partial charge in [-0.3, -0.25) is 9.59 Å². The third-order valence-electron chi connectivity index (χ3n) is 4.43. The second-order valence-electron chi connectivity index (χ2n) is 5.96. The summed E-state index contributed by atoms with van der Waals surface area (Å²) in [6.45, 7) is 8.80. The highest BCUT2D eigenvalue weighted by atomic mass is 16.5. The topological polar surface area (TPSA) is 58.6 Å². The Morgan fingerprint density at radius 2 is 1.75 bits per heavy atom. The molecule has 1 aliphatic rings. The van der Waals surface area contributed by atoms with Crippen molar-refractivity contribution in [1.29, 1.82) is 0 Å². The quantitative estimate of drug-likeness (QED) is 0.724. The fourth-order valence-electron chi connectivity index (χ4n) is 2.69. The van der Waals surface area contributed by atoms with Gasteiger partial charge in [0.05, 0.1) is 0 Å². The molecule has 0 spiro atoms. The Kier molecular flexibility index (Phi) is 5.57. The lowest BCUT2D eigenvalue weighted by atomic mass is 9.83. The number of nitrogens with zero attached hydrogens (tertiary/aromatic N) is 1. The molecule has 1 fully saturated rings. The Hall–Kier alpha value is -1.10. The summed E-state index contributed by atoms with van der Waals surface area (Å²) in [4.78, 5) is 26.9. The molecule has 0 saturated carbocycles. The highest BCUT2D eigenvalue weighted by Crippen LogP contribution is 2.30. The molecule has 0 radical (unpaired) electrons. The first kappa shape index (κ1) is 17.0. The summed E-state index contributed by atoms with van der Waals surface area (Å²) in [6.07, 6.45) is 2.99. The largest absolute Gasteiger partial charge is 0.385 e. The van der Waals surface area contributed by atoms with E-state index in [2.05, 4.69) is 5.32 Å². The number of rotatable bonds is 7. The standard InChI is InChI=1S/C15H28N2O3/c1-6-15(7-2)13(19)17(10-8-9-11-20-5)14(3,4)12(18)16-15/h6-11H2,1-5H3,(H,16,18). The van der Waals surface area contributed by atoms with Gasteiger partial charge in [0.1, 0.15) is 11.1 Å². The Bertz CT molecular complexity index is 362. The van der Waals surface area contributed by atoms with Gasteiger partial charge in [0, 0.05) is 20.3 Å². The average molecular weight is 284 g/mol. The molecule has 2 amide bonds. The van der Waals surface area contributed by atoms with E-state index in [1.807, 2.05) is 27.7 Å². The number of methoxy groups -OCH3 is 1. The normalized spacial score (nSPS) is 20.9. The molecule has 0 aromatic rings. The Morgan fingerprint density at radius 1 is 1.15 bits per heavy atom. The molecule has 0 atom stereocenters. The first-order chi connectivity index (χ1) is 9.35. The SMILES string of the molecule is CCC1(CC)NC(=O)C(C)(C)N(CCCCOC)C1=O. The molecule has 5 nitrogen and oxygen atoms in total. The highest BCUT2D eigenvalue weighted by molar-refractivity contribution is 6.01. The van der Waals surface area contributed by atoms with Crippen LogP contribution in [-0.2, 0) is 14.3 Å². The molecule has 0 aliphatic carbocycles. The van der Waals surface area contributed by atoms with E-state index < -0.39 is 11.1 Å². The lowest BCUT2D eigenvalue weighted by molar-refractivity contribution is -0.161. The van der Waals surface area contributed by atoms with Gasteiger partial charge in [-0.15, -0.1) is 0 Å². The van der Waals surface area contributed by atoms with Gasteiger partial charge in [-0.25, -0.2) is 0 Å². The van der Waals surface area contributed by atoms with Crippen LogP contribution in [0.15, 0.2) is 0 Å². The second kappa shape index (κ2) is 6.57. The summed E-state index contributed by atoms with van der Waals surface area (Å²) in [5, 5.41) is 2.95. The van der Waals surface area contributed by atoms with E-state index in [-0.39, 0.29) is 11.8 Å². The van der Waals surface area contributed by atoms with Crippen LogP contribution in [0.25, 0.3) is 0 Å². The van der Waals surface area contributed by atoms with Crippen molar-refractivity contribution in [2.75, 3.05) is 20.3 Å². The maximum absolute atomic E-state index is 12.8. The first-order valence-corrected chi connectivity index (χ1v) is 7.49. The van der Waals surface area contributed by atoms with Crippen molar-refractivity contribution >= 4 is 11.8 Å². The molecule has 116 valence electrons. The van der Waals surface area contributed by atoms with Gasteiger partial charge in [-0.2, -0.15) is 0 Å². The monoisotopic (exact) mass is 284 g/mol. The smallest absolute Gasteiger partial charge is 0.249 e. The van der Waals surface area contributed by atoms with Crippen LogP contribution in [0, 0.1) is 0 Å². The van der Waals surface area contributed by atoms with Crippen molar-refractivity contribution in [1.82, 2.24) is 10.2 Å². The first-order valence-electron chi connectivity index (χ1n) is 7.49. The minimum Gasteiger partial charge on any atom is -0.385 e. The summed E-state index contributed by atoms with van der Waals surface area (Å²) < 4.78 is 5.03. The molecule has 0 aromatic carbocycles. The number of hydrogen-bond acceptors (Lipinski definition) is 3. The summed E-state index contributed by atoms with van der Waals surface area (Å²) in [7, 11) is 1.67. The van der Waals surface area contributed by atoms with Gasteiger partial charge in [-0.05, 0) is 39.5 Å². The Morgan fingerprint density at radius 3 is 2.25 bits per heavy atom. The second-order valence-corrected chi connectivity index (χ2v) is 5.96. The highest BCUT2D eigenvalue weighted by Gasteiger charge is 2.52. The van der Waals surface area contributed by atoms with Gasteiger partial charge < -0.3 is 15.0 Å². The number of nitrogens with one attached hydrogen (secondary N) is 1. The van der Waals surface area contributed by atoms with E-state index in [0.29, 0.717) is 26.0 Å². The molecular weight excluding hydrogens is 256 g/mol. The van der Waals surface area contributed by atoms with Crippen LogP contribution in [0.2, 0.25) is 0 Å². The molecule has 1 heterocycles. The molecular formula is C15H28N2O3. The number of carbonyl (C=O) groups excluding carboxylic acids is 2. The van der Waals surface area contributed by atoms with Crippen molar-refractivity contribution in [2.24, 2.45) is 0 Å². The lowest BCUT2D eigenvalue weighted by Crippen LogP contribution is -2.73. The van der Waals surface area contributed by atoms with Gasteiger partial charge in [0.2, 0.25) is 11.8 Å². The zero-order valence-corrected chi connectivity index (χ0v) is 13.4. The van der Waals surface area contributed by atoms with Crippen molar-refractivity contribution in [3.05, 3.63) is 0 Å². The van der Waals surface area contributed by atoms with Crippen LogP contribution < -0.4 is 5.32 Å². The van der Waals surface area contributed by atoms with Crippen LogP contribution in [0.3, 0.4) is 0 Å². The predicted octanol–water partition coefficient (Wildman–Crippen LogP) is 1.71. The van der Waals surface area contributed by atoms with E-state index >= 15 is 0 Å². The molecule has 1 N–H and O–H groups in total. The molecule has 0 aromatic heterocycles. The van der Waals surface area contributed by atoms with Gasteiger partial charge in [0.25, 0.3) is 0 Å². The average Bonchev–Trinajstić information content (AvgIpc) is 2.42. The molecule has 0 unspecified atom stereocenters. The molecule has 5 heteroatoms. The van der Waals surface area contributed by atoms with Crippen molar-refractivity contribution < 1.29 is 14.3 Å². The lowest BCUT2D eigenvalue weighted by Gasteiger charge is -2.49. The fourth-order valence-corrected chi connectivity index (χ4v) is 2.69. The van der Waals surface area contributed by atoms with Crippen LogP contribution in [0.4, 0.5) is 0 Å². The van der Waals surface area contributed by atoms with Crippen LogP contribution in [0.1, 0.15) is 53.4 Å². The van der Waals surface area contributed by atoms with Crippen molar-refractivity contribution in [3.63, 3.8) is 0 Å². The Labute approximate surface area is 122 Å². The number of piperazine rings is 1. The third kappa shape index (κ3) is 2.97.